The highest BCUT2D eigenvalue weighted by atomic mass is 16.6. The molecule has 1 aromatic carbocycles. The summed E-state index contributed by atoms with van der Waals surface area (Å²) >= 11 is 0. The Morgan fingerprint density at radius 2 is 1.83 bits per heavy atom. The van der Waals surface area contributed by atoms with Crippen LogP contribution in [0.4, 0.5) is 4.79 Å². The van der Waals surface area contributed by atoms with Gasteiger partial charge in [-0.15, -0.1) is 0 Å². The third-order valence-corrected chi connectivity index (χ3v) is 8.84. The zero-order valence-electron chi connectivity index (χ0n) is 26.2. The zero-order chi connectivity index (χ0) is 30.4. The van der Waals surface area contributed by atoms with E-state index in [1.165, 1.54) is 5.56 Å². The van der Waals surface area contributed by atoms with Crippen LogP contribution in [0.2, 0.25) is 0 Å². The molecule has 2 saturated heterocycles. The van der Waals surface area contributed by atoms with Crippen molar-refractivity contribution >= 4 is 6.09 Å². The van der Waals surface area contributed by atoms with Crippen molar-refractivity contribution in [1.82, 2.24) is 24.9 Å². The van der Waals surface area contributed by atoms with Crippen molar-refractivity contribution < 1.29 is 19.2 Å². The number of carbonyl (C=O) groups is 1. The molecule has 9 nitrogen and oxygen atoms in total. The second kappa shape index (κ2) is 11.1. The van der Waals surface area contributed by atoms with Gasteiger partial charge in [0.2, 0.25) is 11.7 Å². The number of carbonyl (C=O) groups excluding carboxylic acids is 1. The maximum Gasteiger partial charge on any atom is 0.410 e. The molecule has 42 heavy (non-hydrogen) atoms. The molecule has 0 bridgehead atoms. The van der Waals surface area contributed by atoms with Gasteiger partial charge in [-0.05, 0) is 63.3 Å². The van der Waals surface area contributed by atoms with Gasteiger partial charge < -0.3 is 24.2 Å². The number of ether oxygens (including phenoxy) is 1. The Labute approximate surface area is 249 Å². The summed E-state index contributed by atoms with van der Waals surface area (Å²) in [5, 5.41) is 16.9. The smallest absolute Gasteiger partial charge is 0.410 e. The molecular formula is C33H45N5O4. The molecule has 0 unspecified atom stereocenters. The number of aliphatic hydroxyl groups is 1. The highest BCUT2D eigenvalue weighted by molar-refractivity contribution is 5.68. The van der Waals surface area contributed by atoms with Gasteiger partial charge in [-0.2, -0.15) is 4.98 Å². The van der Waals surface area contributed by atoms with Crippen LogP contribution in [-0.2, 0) is 10.3 Å². The molecule has 2 aliphatic rings. The summed E-state index contributed by atoms with van der Waals surface area (Å²) < 4.78 is 11.3. The van der Waals surface area contributed by atoms with Crippen molar-refractivity contribution in [2.24, 2.45) is 11.3 Å². The summed E-state index contributed by atoms with van der Waals surface area (Å²) in [7, 11) is 2.07. The molecule has 0 radical (unpaired) electrons. The van der Waals surface area contributed by atoms with Crippen LogP contribution in [0.1, 0.15) is 89.3 Å². The molecule has 0 aliphatic carbocycles. The molecule has 226 valence electrons. The molecule has 1 N–H and O–H groups in total. The molecule has 3 aromatic rings. The number of piperidine rings is 1. The van der Waals surface area contributed by atoms with Gasteiger partial charge in [-0.25, -0.2) is 4.79 Å². The monoisotopic (exact) mass is 575 g/mol. The number of hydrogen-bond acceptors (Lipinski definition) is 8. The van der Waals surface area contributed by atoms with Crippen molar-refractivity contribution in [2.75, 3.05) is 33.2 Å². The SMILES string of the molecule is CC(C)c1ccc([C@](O)(c2cncc(-c3noc([C@H]4CCN(C(=O)OC(C)(C)C)C[C@H]4C)n3)c2)C2(C)CN(C)C2)cc1. The maximum atomic E-state index is 12.6. The van der Waals surface area contributed by atoms with E-state index >= 15 is 0 Å². The predicted octanol–water partition coefficient (Wildman–Crippen LogP) is 5.80. The molecule has 2 aliphatic heterocycles. The second-order valence-electron chi connectivity index (χ2n) is 13.9. The molecule has 1 amide bonds. The highest BCUT2D eigenvalue weighted by Gasteiger charge is 2.55. The van der Waals surface area contributed by atoms with E-state index in [0.717, 1.165) is 18.7 Å². The van der Waals surface area contributed by atoms with E-state index in [0.29, 0.717) is 48.3 Å². The van der Waals surface area contributed by atoms with Crippen LogP contribution in [0.15, 0.2) is 47.2 Å². The van der Waals surface area contributed by atoms with Crippen molar-refractivity contribution in [1.29, 1.82) is 0 Å². The number of likely N-dealkylation sites (tertiary alicyclic amines) is 2. The Kier molecular flexibility index (Phi) is 7.96. The Morgan fingerprint density at radius 3 is 2.43 bits per heavy atom. The average molecular weight is 576 g/mol. The largest absolute Gasteiger partial charge is 0.444 e. The van der Waals surface area contributed by atoms with Crippen molar-refractivity contribution in [2.45, 2.75) is 77.9 Å². The van der Waals surface area contributed by atoms with Crippen molar-refractivity contribution in [3.63, 3.8) is 0 Å². The molecule has 0 spiro atoms. The lowest BCUT2D eigenvalue weighted by Crippen LogP contribution is -2.63. The summed E-state index contributed by atoms with van der Waals surface area (Å²) in [5.74, 6) is 1.55. The first kappa shape index (κ1) is 30.2. The normalized spacial score (nSPS) is 22.5. The van der Waals surface area contributed by atoms with E-state index < -0.39 is 16.6 Å². The van der Waals surface area contributed by atoms with E-state index in [-0.39, 0.29) is 17.9 Å². The molecular weight excluding hydrogens is 530 g/mol. The first-order valence-corrected chi connectivity index (χ1v) is 15.0. The molecule has 4 heterocycles. The van der Waals surface area contributed by atoms with Gasteiger partial charge in [0.25, 0.3) is 0 Å². The second-order valence-corrected chi connectivity index (χ2v) is 13.9. The summed E-state index contributed by atoms with van der Waals surface area (Å²) in [4.78, 5) is 25.9. The Morgan fingerprint density at radius 1 is 1.14 bits per heavy atom. The minimum atomic E-state index is -1.26. The molecule has 5 rings (SSSR count). The minimum Gasteiger partial charge on any atom is -0.444 e. The minimum absolute atomic E-state index is 0.0295. The fourth-order valence-corrected chi connectivity index (χ4v) is 6.61. The maximum absolute atomic E-state index is 12.6. The number of nitrogens with zero attached hydrogens (tertiary/aromatic N) is 5. The Bertz CT molecular complexity index is 1410. The average Bonchev–Trinajstić information content (AvgIpc) is 3.41. The van der Waals surface area contributed by atoms with Crippen LogP contribution in [0.3, 0.4) is 0 Å². The predicted molar refractivity (Wildman–Crippen MR) is 161 cm³/mol. The third kappa shape index (κ3) is 5.69. The lowest BCUT2D eigenvalue weighted by molar-refractivity contribution is -0.127. The van der Waals surface area contributed by atoms with Crippen LogP contribution < -0.4 is 0 Å². The number of pyridine rings is 1. The lowest BCUT2D eigenvalue weighted by atomic mass is 9.62. The van der Waals surface area contributed by atoms with Gasteiger partial charge in [0.05, 0.1) is 0 Å². The lowest BCUT2D eigenvalue weighted by Gasteiger charge is -2.55. The summed E-state index contributed by atoms with van der Waals surface area (Å²) in [5.41, 5.74) is 1.29. The van der Waals surface area contributed by atoms with E-state index in [1.807, 2.05) is 39.0 Å². The van der Waals surface area contributed by atoms with Crippen LogP contribution >= 0.6 is 0 Å². The van der Waals surface area contributed by atoms with Gasteiger partial charge in [-0.3, -0.25) is 4.98 Å². The van der Waals surface area contributed by atoms with Crippen molar-refractivity contribution in [3.05, 3.63) is 65.3 Å². The van der Waals surface area contributed by atoms with Crippen LogP contribution in [0.5, 0.6) is 0 Å². The number of amides is 1. The van der Waals surface area contributed by atoms with Crippen LogP contribution in [0, 0.1) is 11.3 Å². The Balaban J connectivity index is 1.40. The fraction of sp³-hybridized carbons (Fsp3) is 0.576. The van der Waals surface area contributed by atoms with E-state index in [1.54, 1.807) is 17.3 Å². The first-order valence-electron chi connectivity index (χ1n) is 15.0. The third-order valence-electron chi connectivity index (χ3n) is 8.84. The van der Waals surface area contributed by atoms with Gasteiger partial charge in [0.15, 0.2) is 0 Å². The van der Waals surface area contributed by atoms with E-state index in [4.69, 9.17) is 14.2 Å². The fourth-order valence-electron chi connectivity index (χ4n) is 6.61. The van der Waals surface area contributed by atoms with Gasteiger partial charge >= 0.3 is 6.09 Å². The standard InChI is InChI=1S/C33H45N5O4/c1-21(2)23-9-11-25(12-10-23)33(40,32(7)19-37(8)20-32)26-15-24(16-34-17-26)28-35-29(42-36-28)27-13-14-38(18-22(27)3)30(39)41-31(4,5)6/h9-12,15-17,21-22,27,40H,13-14,18-20H2,1-8H3/t22-,27+,33+/m1/s1. The quantitative estimate of drug-likeness (QED) is 0.393. The van der Waals surface area contributed by atoms with Gasteiger partial charge in [0, 0.05) is 61.0 Å². The van der Waals surface area contributed by atoms with Gasteiger partial charge in [0.1, 0.15) is 11.2 Å². The molecule has 3 atom stereocenters. The van der Waals surface area contributed by atoms with Crippen LogP contribution in [-0.4, -0.2) is 75.0 Å². The first-order chi connectivity index (χ1) is 19.7. The summed E-state index contributed by atoms with van der Waals surface area (Å²) in [6.07, 6.45) is 3.88. The summed E-state index contributed by atoms with van der Waals surface area (Å²) in [6, 6.07) is 10.2. The topological polar surface area (TPSA) is 105 Å². The molecule has 2 fully saturated rings. The Hall–Kier alpha value is -3.30. The molecule has 2 aromatic heterocycles. The number of rotatable bonds is 6. The van der Waals surface area contributed by atoms with E-state index in [2.05, 4.69) is 61.9 Å². The number of hydrogen-bond donors (Lipinski definition) is 1. The number of benzene rings is 1. The summed E-state index contributed by atoms with van der Waals surface area (Å²) in [6.45, 7) is 16.8. The number of aromatic nitrogens is 3. The zero-order valence-corrected chi connectivity index (χ0v) is 26.2. The van der Waals surface area contributed by atoms with Crippen molar-refractivity contribution in [3.8, 4) is 11.4 Å². The molecule has 9 heteroatoms. The van der Waals surface area contributed by atoms with E-state index in [9.17, 15) is 9.90 Å². The highest BCUT2D eigenvalue weighted by Crippen LogP contribution is 2.50. The van der Waals surface area contributed by atoms with Crippen LogP contribution in [0.25, 0.3) is 11.4 Å². The van der Waals surface area contributed by atoms with Gasteiger partial charge in [-0.1, -0.05) is 57.1 Å². The molecule has 0 saturated carbocycles.